The van der Waals surface area contributed by atoms with E-state index in [-0.39, 0.29) is 12.5 Å². The number of phosphoric ester groups is 1. The molecule has 11 heteroatoms. The van der Waals surface area contributed by atoms with E-state index in [0.717, 1.165) is 0 Å². The number of nitrogens with one attached hydrogen (secondary N) is 1. The molecule has 0 radical (unpaired) electrons. The van der Waals surface area contributed by atoms with Crippen LogP contribution >= 0.6 is 19.4 Å². The van der Waals surface area contributed by atoms with Crippen molar-refractivity contribution in [3.63, 3.8) is 0 Å². The Morgan fingerprint density at radius 1 is 1.56 bits per heavy atom. The molecule has 142 valence electrons. The Kier molecular flexibility index (Phi) is 6.30. The molecule has 0 saturated carbocycles. The fourth-order valence-electron chi connectivity index (χ4n) is 2.53. The number of hydrogen-bond acceptors (Lipinski definition) is 6. The number of nitrogens with zero attached hydrogens (tertiary/aromatic N) is 1. The third kappa shape index (κ3) is 5.03. The van der Waals surface area contributed by atoms with Gasteiger partial charge in [0.1, 0.15) is 11.8 Å². The van der Waals surface area contributed by atoms with Crippen LogP contribution in [0.4, 0.5) is 0 Å². The monoisotopic (exact) mass is 396 g/mol. The highest BCUT2D eigenvalue weighted by molar-refractivity contribution is 7.47. The Labute approximate surface area is 149 Å². The first-order valence-electron chi connectivity index (χ1n) is 7.79. The van der Waals surface area contributed by atoms with E-state index in [1.165, 1.54) is 10.8 Å². The summed E-state index contributed by atoms with van der Waals surface area (Å²) in [6, 6.07) is 0. The largest absolute Gasteiger partial charge is 0.472 e. The number of phosphoric acid groups is 1. The van der Waals surface area contributed by atoms with Crippen LogP contribution in [-0.2, 0) is 18.3 Å². The maximum atomic E-state index is 12.0. The van der Waals surface area contributed by atoms with E-state index >= 15 is 0 Å². The molecular formula is C14H22ClN2O7P. The molecule has 3 atom stereocenters. The summed E-state index contributed by atoms with van der Waals surface area (Å²) in [6.45, 7) is 4.53. The smallest absolute Gasteiger partial charge is 0.348 e. The van der Waals surface area contributed by atoms with Crippen molar-refractivity contribution < 1.29 is 23.2 Å². The van der Waals surface area contributed by atoms with Crippen LogP contribution in [0.25, 0.3) is 0 Å². The fourth-order valence-corrected chi connectivity index (χ4v) is 3.79. The van der Waals surface area contributed by atoms with Crippen LogP contribution in [0, 0.1) is 6.92 Å². The molecule has 1 aromatic heterocycles. The molecule has 0 bridgehead atoms. The number of halogens is 1. The van der Waals surface area contributed by atoms with Crippen LogP contribution in [0.3, 0.4) is 0 Å². The van der Waals surface area contributed by atoms with Crippen molar-refractivity contribution in [2.45, 2.75) is 51.5 Å². The van der Waals surface area contributed by atoms with Crippen molar-refractivity contribution in [2.24, 2.45) is 0 Å². The Hall–Kier alpha value is -0.960. The fraction of sp³-hybridized carbons (Fsp3) is 0.714. The zero-order chi connectivity index (χ0) is 18.8. The number of alkyl halides is 1. The molecule has 1 aliphatic rings. The van der Waals surface area contributed by atoms with Gasteiger partial charge in [-0.2, -0.15) is 0 Å². The van der Waals surface area contributed by atoms with Crippen LogP contribution < -0.4 is 11.2 Å². The standard InChI is InChI=1S/C14H22ClN2O7P/c1-9(2)24-25(20,21)22-8-14(7-15)5-4-11(23-14)17-6-10(3)12(18)16-13(17)19/h6,9,11H,4-5,7-8H2,1-3H3,(H,20,21)(H,16,18,19)/t11?,14-/m1/s1. The van der Waals surface area contributed by atoms with Crippen LogP contribution in [0.1, 0.15) is 38.5 Å². The second-order valence-corrected chi connectivity index (χ2v) is 7.98. The van der Waals surface area contributed by atoms with Crippen LogP contribution in [0.2, 0.25) is 0 Å². The first kappa shape index (κ1) is 20.4. The third-order valence-corrected chi connectivity index (χ3v) is 5.40. The highest BCUT2D eigenvalue weighted by Crippen LogP contribution is 2.47. The zero-order valence-electron chi connectivity index (χ0n) is 14.2. The average Bonchev–Trinajstić information content (AvgIpc) is 2.93. The summed E-state index contributed by atoms with van der Waals surface area (Å²) < 4.78 is 28.8. The molecule has 1 aliphatic heterocycles. The Morgan fingerprint density at radius 2 is 2.24 bits per heavy atom. The lowest BCUT2D eigenvalue weighted by Gasteiger charge is -2.28. The summed E-state index contributed by atoms with van der Waals surface area (Å²) in [5, 5.41) is 0. The Balaban J connectivity index is 2.13. The lowest BCUT2D eigenvalue weighted by Crippen LogP contribution is -2.38. The number of ether oxygens (including phenoxy) is 1. The van der Waals surface area contributed by atoms with E-state index in [2.05, 4.69) is 4.98 Å². The lowest BCUT2D eigenvalue weighted by atomic mass is 10.0. The van der Waals surface area contributed by atoms with Gasteiger partial charge in [-0.25, -0.2) is 9.36 Å². The third-order valence-electron chi connectivity index (χ3n) is 3.77. The summed E-state index contributed by atoms with van der Waals surface area (Å²) in [4.78, 5) is 35.3. The van der Waals surface area contributed by atoms with E-state index in [1.807, 2.05) is 0 Å². The summed E-state index contributed by atoms with van der Waals surface area (Å²) >= 11 is 5.99. The van der Waals surface area contributed by atoms with Crippen LogP contribution in [0.15, 0.2) is 15.8 Å². The number of aryl methyl sites for hydroxylation is 1. The minimum absolute atomic E-state index is 0.00225. The summed E-state index contributed by atoms with van der Waals surface area (Å²) in [7, 11) is -4.23. The summed E-state index contributed by atoms with van der Waals surface area (Å²) in [6.07, 6.45) is 1.11. The maximum absolute atomic E-state index is 12.0. The van der Waals surface area contributed by atoms with Crippen molar-refractivity contribution in [3.05, 3.63) is 32.6 Å². The molecule has 1 fully saturated rings. The minimum atomic E-state index is -4.23. The molecular weight excluding hydrogens is 375 g/mol. The van der Waals surface area contributed by atoms with Crippen molar-refractivity contribution in [2.75, 3.05) is 12.5 Å². The molecule has 0 amide bonds. The van der Waals surface area contributed by atoms with E-state index in [9.17, 15) is 19.0 Å². The van der Waals surface area contributed by atoms with E-state index < -0.39 is 37.0 Å². The molecule has 9 nitrogen and oxygen atoms in total. The molecule has 2 heterocycles. The Bertz CT molecular complexity index is 777. The zero-order valence-corrected chi connectivity index (χ0v) is 15.9. The van der Waals surface area contributed by atoms with Gasteiger partial charge in [-0.1, -0.05) is 0 Å². The molecule has 0 aromatic carbocycles. The average molecular weight is 397 g/mol. The van der Waals surface area contributed by atoms with Crippen molar-refractivity contribution in [1.82, 2.24) is 9.55 Å². The first-order valence-corrected chi connectivity index (χ1v) is 9.82. The van der Waals surface area contributed by atoms with Crippen molar-refractivity contribution in [1.29, 1.82) is 0 Å². The topological polar surface area (TPSA) is 120 Å². The summed E-state index contributed by atoms with van der Waals surface area (Å²) in [5.41, 5.74) is -1.72. The van der Waals surface area contributed by atoms with Gasteiger partial charge < -0.3 is 9.63 Å². The van der Waals surface area contributed by atoms with Gasteiger partial charge in [-0.3, -0.25) is 23.4 Å². The second kappa shape index (κ2) is 7.73. The van der Waals surface area contributed by atoms with Gasteiger partial charge in [0.15, 0.2) is 0 Å². The van der Waals surface area contributed by atoms with Crippen molar-refractivity contribution in [3.8, 4) is 0 Å². The number of aromatic nitrogens is 2. The molecule has 25 heavy (non-hydrogen) atoms. The molecule has 0 aliphatic carbocycles. The molecule has 1 aromatic rings. The van der Waals surface area contributed by atoms with E-state index in [0.29, 0.717) is 18.4 Å². The van der Waals surface area contributed by atoms with Gasteiger partial charge in [-0.15, -0.1) is 11.6 Å². The van der Waals surface area contributed by atoms with Gasteiger partial charge >= 0.3 is 13.5 Å². The summed E-state index contributed by atoms with van der Waals surface area (Å²) in [5.74, 6) is 0.00225. The highest BCUT2D eigenvalue weighted by atomic mass is 35.5. The van der Waals surface area contributed by atoms with Gasteiger partial charge in [0.2, 0.25) is 0 Å². The predicted molar refractivity (Wildman–Crippen MR) is 90.9 cm³/mol. The van der Waals surface area contributed by atoms with E-state index in [4.69, 9.17) is 25.4 Å². The minimum Gasteiger partial charge on any atom is -0.348 e. The van der Waals surface area contributed by atoms with Crippen LogP contribution in [-0.4, -0.2) is 38.6 Å². The van der Waals surface area contributed by atoms with Crippen LogP contribution in [0.5, 0.6) is 0 Å². The lowest BCUT2D eigenvalue weighted by molar-refractivity contribution is -0.0862. The Morgan fingerprint density at radius 3 is 2.84 bits per heavy atom. The number of aromatic amines is 1. The molecule has 2 rings (SSSR count). The van der Waals surface area contributed by atoms with Gasteiger partial charge in [0, 0.05) is 11.8 Å². The maximum Gasteiger partial charge on any atom is 0.472 e. The second-order valence-electron chi connectivity index (χ2n) is 6.30. The molecule has 2 unspecified atom stereocenters. The van der Waals surface area contributed by atoms with Gasteiger partial charge in [0.25, 0.3) is 5.56 Å². The van der Waals surface area contributed by atoms with Gasteiger partial charge in [-0.05, 0) is 33.6 Å². The number of H-pyrrole nitrogens is 1. The SMILES string of the molecule is Cc1cn(C2CC[C@@](CCl)(COP(=O)(O)OC(C)C)O2)c(=O)[nH]c1=O. The first-order chi connectivity index (χ1) is 11.6. The quantitative estimate of drug-likeness (QED) is 0.531. The van der Waals surface area contributed by atoms with Crippen molar-refractivity contribution >= 4 is 19.4 Å². The number of rotatable bonds is 7. The normalized spacial score (nSPS) is 26.1. The highest BCUT2D eigenvalue weighted by Gasteiger charge is 2.43. The molecule has 1 saturated heterocycles. The number of hydrogen-bond donors (Lipinski definition) is 2. The molecule has 2 N–H and O–H groups in total. The van der Waals surface area contributed by atoms with Gasteiger partial charge in [0.05, 0.1) is 18.6 Å². The molecule has 0 spiro atoms. The van der Waals surface area contributed by atoms with E-state index in [1.54, 1.807) is 20.8 Å². The predicted octanol–water partition coefficient (Wildman–Crippen LogP) is 1.67.